The van der Waals surface area contributed by atoms with Gasteiger partial charge in [0.15, 0.2) is 0 Å². The number of fused-ring (bicyclic) bond motifs is 1. The van der Waals surface area contributed by atoms with E-state index in [4.69, 9.17) is 11.6 Å². The highest BCUT2D eigenvalue weighted by molar-refractivity contribution is 6.30. The van der Waals surface area contributed by atoms with Gasteiger partial charge in [-0.3, -0.25) is 9.59 Å². The van der Waals surface area contributed by atoms with Crippen molar-refractivity contribution in [3.05, 3.63) is 70.5 Å². The summed E-state index contributed by atoms with van der Waals surface area (Å²) in [6.07, 6.45) is 4.19. The van der Waals surface area contributed by atoms with E-state index < -0.39 is 6.04 Å². The van der Waals surface area contributed by atoms with Crippen molar-refractivity contribution in [2.45, 2.75) is 44.2 Å². The van der Waals surface area contributed by atoms with Gasteiger partial charge in [0, 0.05) is 17.5 Å². The van der Waals surface area contributed by atoms with Gasteiger partial charge in [-0.05, 0) is 54.2 Å². The van der Waals surface area contributed by atoms with Crippen molar-refractivity contribution in [1.29, 1.82) is 0 Å². The number of carbonyl (C=O) groups excluding carboxylic acids is 2. The minimum atomic E-state index is -0.538. The molecule has 2 amide bonds. The number of hydrogen-bond donors (Lipinski definition) is 2. The molecule has 0 radical (unpaired) electrons. The zero-order valence-corrected chi connectivity index (χ0v) is 16.8. The predicted octanol–water partition coefficient (Wildman–Crippen LogP) is 4.38. The summed E-state index contributed by atoms with van der Waals surface area (Å²) in [5, 5.41) is 6.68. The van der Waals surface area contributed by atoms with Crippen molar-refractivity contribution in [3.63, 3.8) is 0 Å². The normalized spacial score (nSPS) is 24.9. The van der Waals surface area contributed by atoms with E-state index in [1.165, 1.54) is 12.1 Å². The van der Waals surface area contributed by atoms with Crippen LogP contribution in [-0.2, 0) is 9.59 Å². The van der Waals surface area contributed by atoms with Gasteiger partial charge in [0.1, 0.15) is 5.82 Å². The Balaban J connectivity index is 1.63. The largest absolute Gasteiger partial charge is 0.353 e. The quantitative estimate of drug-likeness (QED) is 0.780. The predicted molar refractivity (Wildman–Crippen MR) is 110 cm³/mol. The number of carbonyl (C=O) groups is 2. The maximum Gasteiger partial charge on any atom is 0.224 e. The van der Waals surface area contributed by atoms with Crippen molar-refractivity contribution in [3.8, 4) is 0 Å². The molecular formula is C23H24ClFN2O2. The Morgan fingerprint density at radius 2 is 1.83 bits per heavy atom. The maximum atomic E-state index is 13.9. The van der Waals surface area contributed by atoms with E-state index in [1.54, 1.807) is 30.3 Å². The third-order valence-electron chi connectivity index (χ3n) is 6.08. The van der Waals surface area contributed by atoms with Gasteiger partial charge in [0.05, 0.1) is 12.0 Å². The standard InChI is InChI=1S/C23H24ClFN2O2/c24-16-7-3-5-14(11-16)22(15-6-4-8-17(25)12-15)27-23(29)19-13-21(28)26-20-10-2-1-9-18(19)20/h3-8,11-12,18-20,22H,1-2,9-10,13H2,(H,26,28)(H,27,29). The van der Waals surface area contributed by atoms with Gasteiger partial charge in [-0.1, -0.05) is 48.7 Å². The molecule has 4 nitrogen and oxygen atoms in total. The van der Waals surface area contributed by atoms with E-state index >= 15 is 0 Å². The lowest BCUT2D eigenvalue weighted by Crippen LogP contribution is -2.54. The summed E-state index contributed by atoms with van der Waals surface area (Å²) >= 11 is 6.16. The number of piperidine rings is 1. The molecule has 2 aromatic carbocycles. The van der Waals surface area contributed by atoms with Gasteiger partial charge < -0.3 is 10.6 Å². The first kappa shape index (κ1) is 19.9. The minimum absolute atomic E-state index is 0.0690. The highest BCUT2D eigenvalue weighted by Crippen LogP contribution is 2.36. The topological polar surface area (TPSA) is 58.2 Å². The summed E-state index contributed by atoms with van der Waals surface area (Å²) in [4.78, 5) is 25.5. The first-order valence-corrected chi connectivity index (χ1v) is 10.5. The molecule has 0 bridgehead atoms. The molecule has 2 aromatic rings. The van der Waals surface area contributed by atoms with Crippen LogP contribution in [0.25, 0.3) is 0 Å². The van der Waals surface area contributed by atoms with Crippen molar-refractivity contribution in [2.75, 3.05) is 0 Å². The third-order valence-corrected chi connectivity index (χ3v) is 6.31. The Kier molecular flexibility index (Phi) is 5.86. The second-order valence-corrected chi connectivity index (χ2v) is 8.42. The van der Waals surface area contributed by atoms with Crippen molar-refractivity contribution >= 4 is 23.4 Å². The molecule has 0 spiro atoms. The van der Waals surface area contributed by atoms with E-state index in [1.807, 2.05) is 6.07 Å². The lowest BCUT2D eigenvalue weighted by atomic mass is 9.72. The van der Waals surface area contributed by atoms with Crippen LogP contribution in [0.2, 0.25) is 5.02 Å². The fourth-order valence-corrected chi connectivity index (χ4v) is 4.90. The molecule has 29 heavy (non-hydrogen) atoms. The van der Waals surface area contributed by atoms with Crippen molar-refractivity contribution in [1.82, 2.24) is 10.6 Å². The van der Waals surface area contributed by atoms with Crippen LogP contribution in [0.1, 0.15) is 49.3 Å². The minimum Gasteiger partial charge on any atom is -0.353 e. The van der Waals surface area contributed by atoms with Gasteiger partial charge in [0.2, 0.25) is 11.8 Å². The first-order valence-electron chi connectivity index (χ1n) is 10.1. The Labute approximate surface area is 174 Å². The number of nitrogens with one attached hydrogen (secondary N) is 2. The van der Waals surface area contributed by atoms with Gasteiger partial charge in [-0.15, -0.1) is 0 Å². The first-order chi connectivity index (χ1) is 14.0. The summed E-state index contributed by atoms with van der Waals surface area (Å²) in [6.45, 7) is 0. The van der Waals surface area contributed by atoms with Crippen molar-refractivity contribution < 1.29 is 14.0 Å². The molecule has 6 heteroatoms. The molecule has 1 aliphatic heterocycles. The summed E-state index contributed by atoms with van der Waals surface area (Å²) in [5.74, 6) is -0.823. The number of amides is 2. The fraction of sp³-hybridized carbons (Fsp3) is 0.391. The molecule has 152 valence electrons. The molecule has 2 N–H and O–H groups in total. The molecule has 1 aliphatic carbocycles. The molecule has 1 saturated heterocycles. The third kappa shape index (κ3) is 4.45. The van der Waals surface area contributed by atoms with Gasteiger partial charge in [-0.2, -0.15) is 0 Å². The van der Waals surface area contributed by atoms with Gasteiger partial charge in [0.25, 0.3) is 0 Å². The smallest absolute Gasteiger partial charge is 0.224 e. The summed E-state index contributed by atoms with van der Waals surface area (Å²) < 4.78 is 13.9. The van der Waals surface area contributed by atoms with Crippen LogP contribution in [-0.4, -0.2) is 17.9 Å². The van der Waals surface area contributed by atoms with E-state index in [2.05, 4.69) is 10.6 Å². The molecule has 1 saturated carbocycles. The Bertz CT molecular complexity index is 874. The second-order valence-electron chi connectivity index (χ2n) is 7.98. The average Bonchev–Trinajstić information content (AvgIpc) is 2.71. The molecule has 4 atom stereocenters. The van der Waals surface area contributed by atoms with Gasteiger partial charge >= 0.3 is 0 Å². The van der Waals surface area contributed by atoms with Crippen LogP contribution in [0.5, 0.6) is 0 Å². The SMILES string of the molecule is O=C1CC(C(=O)NC(c2cccc(F)c2)c2cccc(Cl)c2)C2CCCCC2N1. The summed E-state index contributed by atoms with van der Waals surface area (Å²) in [7, 11) is 0. The lowest BCUT2D eigenvalue weighted by molar-refractivity contribution is -0.137. The van der Waals surface area contributed by atoms with Crippen LogP contribution in [0, 0.1) is 17.7 Å². The molecule has 4 rings (SSSR count). The summed E-state index contributed by atoms with van der Waals surface area (Å²) in [5.41, 5.74) is 1.41. The van der Waals surface area contributed by atoms with Gasteiger partial charge in [-0.25, -0.2) is 4.39 Å². The van der Waals surface area contributed by atoms with E-state index in [0.29, 0.717) is 10.6 Å². The monoisotopic (exact) mass is 414 g/mol. The van der Waals surface area contributed by atoms with E-state index in [-0.39, 0.29) is 41.9 Å². The van der Waals surface area contributed by atoms with Crippen LogP contribution in [0.3, 0.4) is 0 Å². The number of halogens is 2. The molecule has 1 heterocycles. The van der Waals surface area contributed by atoms with Crippen LogP contribution < -0.4 is 10.6 Å². The fourth-order valence-electron chi connectivity index (χ4n) is 4.71. The number of benzene rings is 2. The molecule has 4 unspecified atom stereocenters. The zero-order chi connectivity index (χ0) is 20.4. The molecule has 2 fully saturated rings. The van der Waals surface area contributed by atoms with Crippen LogP contribution in [0.15, 0.2) is 48.5 Å². The zero-order valence-electron chi connectivity index (χ0n) is 16.0. The Morgan fingerprint density at radius 1 is 1.10 bits per heavy atom. The molecule has 2 aliphatic rings. The molecular weight excluding hydrogens is 391 g/mol. The highest BCUT2D eigenvalue weighted by atomic mass is 35.5. The summed E-state index contributed by atoms with van der Waals surface area (Å²) in [6, 6.07) is 12.9. The maximum absolute atomic E-state index is 13.9. The number of hydrogen-bond acceptors (Lipinski definition) is 2. The molecule has 0 aromatic heterocycles. The lowest BCUT2D eigenvalue weighted by Gasteiger charge is -2.41. The Morgan fingerprint density at radius 3 is 2.59 bits per heavy atom. The Hall–Kier alpha value is -2.40. The number of rotatable bonds is 4. The van der Waals surface area contributed by atoms with Crippen molar-refractivity contribution in [2.24, 2.45) is 11.8 Å². The van der Waals surface area contributed by atoms with Crippen LogP contribution >= 0.6 is 11.6 Å². The van der Waals surface area contributed by atoms with E-state index in [9.17, 15) is 14.0 Å². The highest BCUT2D eigenvalue weighted by Gasteiger charge is 2.42. The van der Waals surface area contributed by atoms with Crippen LogP contribution in [0.4, 0.5) is 4.39 Å². The van der Waals surface area contributed by atoms with E-state index in [0.717, 1.165) is 31.2 Å². The average molecular weight is 415 g/mol. The second kappa shape index (κ2) is 8.54.